The SMILES string of the molecule is CC(C)(C)OC(=O)C(NS(C)(=O)=O)C(C)(O)c1ccc(Br)cc1. The molecule has 130 valence electrons. The largest absolute Gasteiger partial charge is 0.459 e. The molecule has 0 heterocycles. The predicted octanol–water partition coefficient (Wildman–Crippen LogP) is 1.92. The Morgan fingerprint density at radius 2 is 1.70 bits per heavy atom. The van der Waals surface area contributed by atoms with Gasteiger partial charge in [-0.25, -0.2) is 8.42 Å². The Bertz CT molecular complexity index is 662. The van der Waals surface area contributed by atoms with Crippen LogP contribution in [0.1, 0.15) is 33.3 Å². The predicted molar refractivity (Wildman–Crippen MR) is 91.3 cm³/mol. The van der Waals surface area contributed by atoms with E-state index in [1.54, 1.807) is 45.0 Å². The van der Waals surface area contributed by atoms with Crippen molar-refractivity contribution in [3.63, 3.8) is 0 Å². The van der Waals surface area contributed by atoms with Crippen LogP contribution in [0.2, 0.25) is 0 Å². The Morgan fingerprint density at radius 1 is 1.22 bits per heavy atom. The average molecular weight is 408 g/mol. The van der Waals surface area contributed by atoms with Crippen molar-refractivity contribution in [1.29, 1.82) is 0 Å². The number of hydrogen-bond acceptors (Lipinski definition) is 5. The molecule has 2 N–H and O–H groups in total. The van der Waals surface area contributed by atoms with E-state index in [9.17, 15) is 18.3 Å². The Morgan fingerprint density at radius 3 is 2.09 bits per heavy atom. The van der Waals surface area contributed by atoms with E-state index in [0.29, 0.717) is 5.56 Å². The van der Waals surface area contributed by atoms with Crippen LogP contribution < -0.4 is 4.72 Å². The van der Waals surface area contributed by atoms with E-state index in [2.05, 4.69) is 20.7 Å². The molecule has 1 aromatic rings. The molecule has 6 nitrogen and oxygen atoms in total. The lowest BCUT2D eigenvalue weighted by Crippen LogP contribution is -2.55. The minimum Gasteiger partial charge on any atom is -0.459 e. The zero-order valence-electron chi connectivity index (χ0n) is 13.8. The van der Waals surface area contributed by atoms with Crippen molar-refractivity contribution in [3.8, 4) is 0 Å². The lowest BCUT2D eigenvalue weighted by molar-refractivity contribution is -0.164. The minimum absolute atomic E-state index is 0.382. The van der Waals surface area contributed by atoms with Crippen molar-refractivity contribution in [2.45, 2.75) is 44.9 Å². The number of carbonyl (C=O) groups excluding carboxylic acids is 1. The van der Waals surface area contributed by atoms with E-state index in [4.69, 9.17) is 4.74 Å². The molecule has 0 aromatic heterocycles. The Labute approximate surface area is 145 Å². The van der Waals surface area contributed by atoms with Crippen molar-refractivity contribution in [3.05, 3.63) is 34.3 Å². The van der Waals surface area contributed by atoms with Crippen LogP contribution in [0, 0.1) is 0 Å². The van der Waals surface area contributed by atoms with Crippen LogP contribution in [-0.4, -0.2) is 37.4 Å². The van der Waals surface area contributed by atoms with E-state index in [-0.39, 0.29) is 0 Å². The van der Waals surface area contributed by atoms with Gasteiger partial charge < -0.3 is 9.84 Å². The summed E-state index contributed by atoms with van der Waals surface area (Å²) in [4.78, 5) is 12.4. The summed E-state index contributed by atoms with van der Waals surface area (Å²) in [6.45, 7) is 6.35. The Hall–Kier alpha value is -0.960. The van der Waals surface area contributed by atoms with E-state index in [1.807, 2.05) is 0 Å². The van der Waals surface area contributed by atoms with Crippen LogP contribution in [0.4, 0.5) is 0 Å². The number of carbonyl (C=O) groups is 1. The fourth-order valence-corrected chi connectivity index (χ4v) is 2.94. The summed E-state index contributed by atoms with van der Waals surface area (Å²) < 4.78 is 31.4. The molecular formula is C15H22BrNO5S. The number of esters is 1. The second-order valence-corrected chi connectivity index (χ2v) is 9.21. The molecule has 1 rings (SSSR count). The van der Waals surface area contributed by atoms with Gasteiger partial charge in [-0.05, 0) is 45.4 Å². The second kappa shape index (κ2) is 6.88. The van der Waals surface area contributed by atoms with Crippen LogP contribution in [0.15, 0.2) is 28.7 Å². The number of ether oxygens (including phenoxy) is 1. The lowest BCUT2D eigenvalue weighted by atomic mass is 9.88. The molecule has 0 aliphatic carbocycles. The van der Waals surface area contributed by atoms with Gasteiger partial charge in [-0.3, -0.25) is 4.79 Å². The average Bonchev–Trinajstić information content (AvgIpc) is 2.33. The molecule has 2 atom stereocenters. The van der Waals surface area contributed by atoms with Gasteiger partial charge in [0.15, 0.2) is 6.04 Å². The number of halogens is 1. The van der Waals surface area contributed by atoms with Crippen molar-refractivity contribution in [1.82, 2.24) is 4.72 Å². The van der Waals surface area contributed by atoms with Gasteiger partial charge in [0, 0.05) is 4.47 Å². The highest BCUT2D eigenvalue weighted by molar-refractivity contribution is 9.10. The maximum Gasteiger partial charge on any atom is 0.328 e. The van der Waals surface area contributed by atoms with Crippen LogP contribution in [0.3, 0.4) is 0 Å². The van der Waals surface area contributed by atoms with Crippen molar-refractivity contribution >= 4 is 31.9 Å². The quantitative estimate of drug-likeness (QED) is 0.727. The zero-order chi connectivity index (χ0) is 18.1. The minimum atomic E-state index is -3.74. The van der Waals surface area contributed by atoms with Gasteiger partial charge in [-0.1, -0.05) is 28.1 Å². The lowest BCUT2D eigenvalue weighted by Gasteiger charge is -2.33. The normalized spacial score (nSPS) is 16.5. The van der Waals surface area contributed by atoms with Gasteiger partial charge >= 0.3 is 5.97 Å². The van der Waals surface area contributed by atoms with Gasteiger partial charge in [-0.15, -0.1) is 0 Å². The second-order valence-electron chi connectivity index (χ2n) is 6.51. The summed E-state index contributed by atoms with van der Waals surface area (Å²) in [7, 11) is -3.74. The molecule has 0 saturated heterocycles. The standard InChI is InChI=1S/C15H22BrNO5S/c1-14(2,3)22-13(18)12(17-23(5,20)21)15(4,19)10-6-8-11(16)9-7-10/h6-9,12,17,19H,1-5H3. The Balaban J connectivity index is 3.26. The molecule has 0 spiro atoms. The van der Waals surface area contributed by atoms with Crippen LogP contribution in [0.25, 0.3) is 0 Å². The summed E-state index contributed by atoms with van der Waals surface area (Å²) >= 11 is 3.28. The van der Waals surface area contributed by atoms with E-state index in [0.717, 1.165) is 10.7 Å². The first-order valence-corrected chi connectivity index (χ1v) is 9.59. The molecule has 0 aliphatic rings. The number of hydrogen-bond donors (Lipinski definition) is 2. The molecular weight excluding hydrogens is 386 g/mol. The monoisotopic (exact) mass is 407 g/mol. The molecule has 23 heavy (non-hydrogen) atoms. The van der Waals surface area contributed by atoms with E-state index in [1.165, 1.54) is 6.92 Å². The fraction of sp³-hybridized carbons (Fsp3) is 0.533. The number of aliphatic hydroxyl groups is 1. The third kappa shape index (κ3) is 6.21. The molecule has 8 heteroatoms. The van der Waals surface area contributed by atoms with Gasteiger partial charge in [0.2, 0.25) is 10.0 Å². The van der Waals surface area contributed by atoms with Crippen molar-refractivity contribution in [2.75, 3.05) is 6.26 Å². The molecule has 0 aliphatic heterocycles. The molecule has 1 aromatic carbocycles. The first-order chi connectivity index (χ1) is 10.2. The number of benzene rings is 1. The van der Waals surface area contributed by atoms with Crippen LogP contribution in [0.5, 0.6) is 0 Å². The number of rotatable bonds is 5. The van der Waals surface area contributed by atoms with E-state index >= 15 is 0 Å². The van der Waals surface area contributed by atoms with Crippen molar-refractivity contribution in [2.24, 2.45) is 0 Å². The molecule has 0 bridgehead atoms. The van der Waals surface area contributed by atoms with E-state index < -0.39 is 33.2 Å². The van der Waals surface area contributed by atoms with Crippen molar-refractivity contribution < 1.29 is 23.1 Å². The van der Waals surface area contributed by atoms with Crippen LogP contribution in [-0.2, 0) is 25.2 Å². The highest BCUT2D eigenvalue weighted by Gasteiger charge is 2.43. The number of nitrogens with one attached hydrogen (secondary N) is 1. The molecule has 0 amide bonds. The van der Waals surface area contributed by atoms with Crippen LogP contribution >= 0.6 is 15.9 Å². The zero-order valence-corrected chi connectivity index (χ0v) is 16.2. The smallest absolute Gasteiger partial charge is 0.328 e. The van der Waals surface area contributed by atoms with Gasteiger partial charge in [-0.2, -0.15) is 4.72 Å². The first kappa shape index (κ1) is 20.1. The highest BCUT2D eigenvalue weighted by atomic mass is 79.9. The van der Waals surface area contributed by atoms with Gasteiger partial charge in [0.25, 0.3) is 0 Å². The molecule has 0 saturated carbocycles. The maximum atomic E-state index is 12.4. The maximum absolute atomic E-state index is 12.4. The summed E-state index contributed by atoms with van der Waals surface area (Å²) in [6, 6.07) is 5.11. The summed E-state index contributed by atoms with van der Waals surface area (Å²) in [5, 5.41) is 10.8. The summed E-state index contributed by atoms with van der Waals surface area (Å²) in [5.74, 6) is -0.851. The highest BCUT2D eigenvalue weighted by Crippen LogP contribution is 2.28. The van der Waals surface area contributed by atoms with Gasteiger partial charge in [0.05, 0.1) is 6.26 Å². The summed E-state index contributed by atoms with van der Waals surface area (Å²) in [5.41, 5.74) is -2.22. The topological polar surface area (TPSA) is 92.7 Å². The summed E-state index contributed by atoms with van der Waals surface area (Å²) in [6.07, 6.45) is 0.919. The molecule has 0 radical (unpaired) electrons. The third-order valence-electron chi connectivity index (χ3n) is 2.97. The third-order valence-corrected chi connectivity index (χ3v) is 4.16. The molecule has 2 unspecified atom stereocenters. The fourth-order valence-electron chi connectivity index (χ4n) is 1.92. The first-order valence-electron chi connectivity index (χ1n) is 6.91. The van der Waals surface area contributed by atoms with Gasteiger partial charge in [0.1, 0.15) is 11.2 Å². The molecule has 0 fully saturated rings. The Kier molecular flexibility index (Phi) is 6.01. The number of sulfonamides is 1.